The summed E-state index contributed by atoms with van der Waals surface area (Å²) in [6, 6.07) is 11.8. The van der Waals surface area contributed by atoms with Gasteiger partial charge in [-0.3, -0.25) is 4.79 Å². The Hall–Kier alpha value is -2.32. The van der Waals surface area contributed by atoms with Gasteiger partial charge in [-0.1, -0.05) is 43.8 Å². The van der Waals surface area contributed by atoms with Gasteiger partial charge in [0.25, 0.3) is 0 Å². The lowest BCUT2D eigenvalue weighted by Gasteiger charge is -2.23. The monoisotopic (exact) mass is 430 g/mol. The molecule has 6 nitrogen and oxygen atoms in total. The number of nitrogens with one attached hydrogen (secondary N) is 1. The highest BCUT2D eigenvalue weighted by Crippen LogP contribution is 2.28. The zero-order valence-electron chi connectivity index (χ0n) is 17.1. The molecule has 1 aromatic carbocycles. The molecule has 1 unspecified atom stereocenters. The number of hydrogen-bond acceptors (Lipinski definition) is 6. The summed E-state index contributed by atoms with van der Waals surface area (Å²) in [7, 11) is 1.65. The van der Waals surface area contributed by atoms with Crippen molar-refractivity contribution in [3.8, 4) is 16.5 Å². The van der Waals surface area contributed by atoms with Crippen molar-refractivity contribution in [2.45, 2.75) is 38.5 Å². The van der Waals surface area contributed by atoms with E-state index in [-0.39, 0.29) is 17.9 Å². The summed E-state index contributed by atoms with van der Waals surface area (Å²) >= 11 is 3.05. The second kappa shape index (κ2) is 9.93. The first-order valence-corrected chi connectivity index (χ1v) is 11.4. The van der Waals surface area contributed by atoms with Crippen LogP contribution in [-0.2, 0) is 11.3 Å². The molecular formula is C21H26N4O2S2. The van der Waals surface area contributed by atoms with Gasteiger partial charge in [-0.2, -0.15) is 0 Å². The fourth-order valence-electron chi connectivity index (χ4n) is 3.06. The summed E-state index contributed by atoms with van der Waals surface area (Å²) in [5.41, 5.74) is 1.07. The van der Waals surface area contributed by atoms with Gasteiger partial charge in [0, 0.05) is 6.54 Å². The molecule has 1 atom stereocenters. The van der Waals surface area contributed by atoms with Gasteiger partial charge in [-0.15, -0.1) is 21.5 Å². The molecule has 0 radical (unpaired) electrons. The van der Waals surface area contributed by atoms with E-state index in [2.05, 4.69) is 36.3 Å². The molecule has 0 aliphatic carbocycles. The van der Waals surface area contributed by atoms with Crippen molar-refractivity contribution < 1.29 is 9.53 Å². The third-order valence-corrected chi connectivity index (χ3v) is 6.40. The molecule has 0 spiro atoms. The number of aromatic nitrogens is 3. The van der Waals surface area contributed by atoms with Crippen molar-refractivity contribution in [2.24, 2.45) is 5.92 Å². The van der Waals surface area contributed by atoms with E-state index in [1.807, 2.05) is 46.3 Å². The number of benzene rings is 1. The summed E-state index contributed by atoms with van der Waals surface area (Å²) in [4.78, 5) is 13.7. The van der Waals surface area contributed by atoms with Gasteiger partial charge in [-0.05, 0) is 42.0 Å². The lowest BCUT2D eigenvalue weighted by molar-refractivity contribution is -0.119. The standard InChI is InChI=1S/C21H26N4O2S2/c1-5-25-20(17-7-6-12-28-17)23-24-21(25)29-13-18(26)22-19(14(2)3)15-8-10-16(27-4)11-9-15/h6-12,14,19H,5,13H2,1-4H3,(H,22,26). The number of carbonyl (C=O) groups is 1. The number of amides is 1. The summed E-state index contributed by atoms with van der Waals surface area (Å²) in [5, 5.41) is 14.6. The Kier molecular flexibility index (Phi) is 7.33. The van der Waals surface area contributed by atoms with Crippen molar-refractivity contribution in [1.29, 1.82) is 0 Å². The number of ether oxygens (including phenoxy) is 1. The number of nitrogens with zero attached hydrogens (tertiary/aromatic N) is 3. The maximum Gasteiger partial charge on any atom is 0.230 e. The van der Waals surface area contributed by atoms with Crippen molar-refractivity contribution in [2.75, 3.05) is 12.9 Å². The second-order valence-electron chi connectivity index (χ2n) is 6.88. The molecule has 0 fully saturated rings. The van der Waals surface area contributed by atoms with Gasteiger partial charge in [0.2, 0.25) is 5.91 Å². The van der Waals surface area contributed by atoms with Gasteiger partial charge in [0.15, 0.2) is 11.0 Å². The third-order valence-electron chi connectivity index (χ3n) is 4.57. The Labute approximate surface area is 179 Å². The van der Waals surface area contributed by atoms with E-state index in [0.717, 1.165) is 33.7 Å². The second-order valence-corrected chi connectivity index (χ2v) is 8.77. The minimum atomic E-state index is -0.0558. The number of methoxy groups -OCH3 is 1. The fraction of sp³-hybridized carbons (Fsp3) is 0.381. The van der Waals surface area contributed by atoms with E-state index < -0.39 is 0 Å². The molecule has 2 aromatic heterocycles. The van der Waals surface area contributed by atoms with Crippen LogP contribution in [0.3, 0.4) is 0 Å². The minimum Gasteiger partial charge on any atom is -0.497 e. The molecular weight excluding hydrogens is 404 g/mol. The Morgan fingerprint density at radius 1 is 1.24 bits per heavy atom. The highest BCUT2D eigenvalue weighted by atomic mass is 32.2. The molecule has 1 N–H and O–H groups in total. The average molecular weight is 431 g/mol. The van der Waals surface area contributed by atoms with E-state index in [0.29, 0.717) is 5.75 Å². The largest absolute Gasteiger partial charge is 0.497 e. The Balaban J connectivity index is 1.65. The first-order chi connectivity index (χ1) is 14.0. The molecule has 0 saturated carbocycles. The van der Waals surface area contributed by atoms with E-state index >= 15 is 0 Å². The highest BCUT2D eigenvalue weighted by molar-refractivity contribution is 7.99. The number of thiophene rings is 1. The molecule has 29 heavy (non-hydrogen) atoms. The summed E-state index contributed by atoms with van der Waals surface area (Å²) in [5.74, 6) is 2.19. The number of carbonyl (C=O) groups excluding carboxylic acids is 1. The van der Waals surface area contributed by atoms with Crippen molar-refractivity contribution in [3.63, 3.8) is 0 Å². The van der Waals surface area contributed by atoms with Crippen LogP contribution in [0.2, 0.25) is 0 Å². The van der Waals surface area contributed by atoms with Gasteiger partial charge >= 0.3 is 0 Å². The number of rotatable bonds is 9. The topological polar surface area (TPSA) is 69.0 Å². The van der Waals surface area contributed by atoms with Crippen LogP contribution < -0.4 is 10.1 Å². The van der Waals surface area contributed by atoms with Crippen molar-refractivity contribution in [3.05, 3.63) is 47.3 Å². The minimum absolute atomic E-state index is 0.0205. The molecule has 0 saturated heterocycles. The predicted octanol–water partition coefficient (Wildman–Crippen LogP) is 4.64. The maximum atomic E-state index is 12.7. The molecule has 3 aromatic rings. The Bertz CT molecular complexity index is 921. The lowest BCUT2D eigenvalue weighted by atomic mass is 9.96. The Morgan fingerprint density at radius 2 is 2.00 bits per heavy atom. The van der Waals surface area contributed by atoms with Crippen LogP contribution in [-0.4, -0.2) is 33.5 Å². The van der Waals surface area contributed by atoms with Gasteiger partial charge in [0.1, 0.15) is 5.75 Å². The summed E-state index contributed by atoms with van der Waals surface area (Å²) < 4.78 is 7.27. The normalized spacial score (nSPS) is 12.2. The van der Waals surface area contributed by atoms with Crippen LogP contribution in [0.5, 0.6) is 5.75 Å². The molecule has 154 valence electrons. The SMILES string of the molecule is CCn1c(SCC(=O)NC(c2ccc(OC)cc2)C(C)C)nnc1-c1cccs1. The quantitative estimate of drug-likeness (QED) is 0.501. The van der Waals surface area contributed by atoms with E-state index in [9.17, 15) is 4.79 Å². The molecule has 1 amide bonds. The van der Waals surface area contributed by atoms with Crippen LogP contribution in [0.25, 0.3) is 10.7 Å². The molecule has 8 heteroatoms. The zero-order chi connectivity index (χ0) is 20.8. The number of hydrogen-bond donors (Lipinski definition) is 1. The van der Waals surface area contributed by atoms with Crippen LogP contribution >= 0.6 is 23.1 Å². The molecule has 0 aliphatic heterocycles. The van der Waals surface area contributed by atoms with Crippen LogP contribution in [0, 0.1) is 5.92 Å². The lowest BCUT2D eigenvalue weighted by Crippen LogP contribution is -2.33. The first kappa shape index (κ1) is 21.4. The average Bonchev–Trinajstić information content (AvgIpc) is 3.39. The van der Waals surface area contributed by atoms with Crippen LogP contribution in [0.1, 0.15) is 32.4 Å². The zero-order valence-corrected chi connectivity index (χ0v) is 18.7. The van der Waals surface area contributed by atoms with Crippen molar-refractivity contribution in [1.82, 2.24) is 20.1 Å². The fourth-order valence-corrected chi connectivity index (χ4v) is 4.59. The first-order valence-electron chi connectivity index (χ1n) is 9.56. The van der Waals surface area contributed by atoms with Crippen molar-refractivity contribution >= 4 is 29.0 Å². The maximum absolute atomic E-state index is 12.7. The van der Waals surface area contributed by atoms with E-state index in [4.69, 9.17) is 4.74 Å². The molecule has 0 aliphatic rings. The summed E-state index contributed by atoms with van der Waals surface area (Å²) in [6.45, 7) is 7.01. The van der Waals surface area contributed by atoms with E-state index in [1.165, 1.54) is 11.8 Å². The Morgan fingerprint density at radius 3 is 2.59 bits per heavy atom. The van der Waals surface area contributed by atoms with Gasteiger partial charge < -0.3 is 14.6 Å². The number of thioether (sulfide) groups is 1. The highest BCUT2D eigenvalue weighted by Gasteiger charge is 2.20. The predicted molar refractivity (Wildman–Crippen MR) is 118 cm³/mol. The molecule has 2 heterocycles. The van der Waals surface area contributed by atoms with Gasteiger partial charge in [0.05, 0.1) is 23.8 Å². The smallest absolute Gasteiger partial charge is 0.230 e. The van der Waals surface area contributed by atoms with Crippen LogP contribution in [0.15, 0.2) is 46.9 Å². The third kappa shape index (κ3) is 5.19. The molecule has 0 bridgehead atoms. The van der Waals surface area contributed by atoms with Crippen LogP contribution in [0.4, 0.5) is 0 Å². The summed E-state index contributed by atoms with van der Waals surface area (Å²) in [6.07, 6.45) is 0. The van der Waals surface area contributed by atoms with E-state index in [1.54, 1.807) is 18.4 Å². The molecule has 3 rings (SSSR count). The van der Waals surface area contributed by atoms with Gasteiger partial charge in [-0.25, -0.2) is 0 Å².